The van der Waals surface area contributed by atoms with E-state index in [-0.39, 0.29) is 11.5 Å². The van der Waals surface area contributed by atoms with E-state index in [1.165, 1.54) is 18.2 Å². The van der Waals surface area contributed by atoms with Gasteiger partial charge in [0.1, 0.15) is 5.82 Å². The van der Waals surface area contributed by atoms with Crippen LogP contribution in [0.4, 0.5) is 10.3 Å². The average molecular weight is 387 g/mol. The van der Waals surface area contributed by atoms with Crippen LogP contribution in [0.5, 0.6) is 0 Å². The number of aromatic nitrogens is 4. The minimum Gasteiger partial charge on any atom is -0.350 e. The zero-order chi connectivity index (χ0) is 20.2. The fourth-order valence-corrected chi connectivity index (χ4v) is 2.82. The number of carbonyl (C=O) groups is 1. The van der Waals surface area contributed by atoms with Gasteiger partial charge in [-0.05, 0) is 36.8 Å². The Bertz CT molecular complexity index is 1140. The maximum absolute atomic E-state index is 14.2. The number of hydrogen-bond acceptors (Lipinski definition) is 5. The van der Waals surface area contributed by atoms with Crippen molar-refractivity contribution in [3.05, 3.63) is 95.6 Å². The summed E-state index contributed by atoms with van der Waals surface area (Å²) in [7, 11) is 0. The normalized spacial score (nSPS) is 10.7. The Morgan fingerprint density at radius 1 is 1.07 bits per heavy atom. The van der Waals surface area contributed by atoms with E-state index in [1.54, 1.807) is 30.6 Å². The number of carbonyl (C=O) groups excluding carboxylic acids is 1. The van der Waals surface area contributed by atoms with Crippen LogP contribution < -0.4 is 5.32 Å². The molecule has 6 nitrogen and oxygen atoms in total. The standard InChI is InChI=1S/C22H18FN5O/c1-15-8-10-16(11-9-15)13-25-22-26-20(17-5-4-12-24-14-17)27-28(22)21(29)18-6-2-3-7-19(18)23/h2-12,14H,13H2,1H3,(H,25,26,27). The van der Waals surface area contributed by atoms with Gasteiger partial charge in [-0.15, -0.1) is 5.10 Å². The van der Waals surface area contributed by atoms with Crippen LogP contribution in [0.2, 0.25) is 0 Å². The van der Waals surface area contributed by atoms with E-state index in [9.17, 15) is 9.18 Å². The summed E-state index contributed by atoms with van der Waals surface area (Å²) in [5.74, 6) is -0.649. The third kappa shape index (κ3) is 4.03. The molecule has 0 saturated carbocycles. The summed E-state index contributed by atoms with van der Waals surface area (Å²) in [6.07, 6.45) is 3.25. The van der Waals surface area contributed by atoms with Crippen molar-refractivity contribution in [1.29, 1.82) is 0 Å². The quantitative estimate of drug-likeness (QED) is 0.558. The molecule has 2 aromatic carbocycles. The molecule has 1 N–H and O–H groups in total. The van der Waals surface area contributed by atoms with Crippen LogP contribution in [0.25, 0.3) is 11.4 Å². The predicted octanol–water partition coefficient (Wildman–Crippen LogP) is 4.09. The van der Waals surface area contributed by atoms with Crippen LogP contribution in [-0.4, -0.2) is 25.7 Å². The van der Waals surface area contributed by atoms with Crippen LogP contribution in [0.15, 0.2) is 73.1 Å². The molecule has 0 aliphatic rings. The van der Waals surface area contributed by atoms with E-state index < -0.39 is 11.7 Å². The number of benzene rings is 2. The Kier molecular flexibility index (Phi) is 5.11. The van der Waals surface area contributed by atoms with Gasteiger partial charge in [0, 0.05) is 24.5 Å². The van der Waals surface area contributed by atoms with Gasteiger partial charge >= 0.3 is 0 Å². The Morgan fingerprint density at radius 3 is 2.59 bits per heavy atom. The number of nitrogens with one attached hydrogen (secondary N) is 1. The van der Waals surface area contributed by atoms with Gasteiger partial charge in [-0.2, -0.15) is 9.67 Å². The molecule has 0 spiro atoms. The van der Waals surface area contributed by atoms with Crippen LogP contribution in [0.1, 0.15) is 21.5 Å². The molecule has 0 saturated heterocycles. The molecule has 0 aliphatic carbocycles. The molecule has 0 aliphatic heterocycles. The third-order valence-electron chi connectivity index (χ3n) is 4.39. The molecule has 2 aromatic heterocycles. The smallest absolute Gasteiger partial charge is 0.284 e. The average Bonchev–Trinajstić information content (AvgIpc) is 3.18. The minimum atomic E-state index is -0.611. The van der Waals surface area contributed by atoms with Crippen molar-refractivity contribution in [3.63, 3.8) is 0 Å². The van der Waals surface area contributed by atoms with Gasteiger partial charge in [0.15, 0.2) is 5.82 Å². The first-order valence-electron chi connectivity index (χ1n) is 9.08. The monoisotopic (exact) mass is 387 g/mol. The van der Waals surface area contributed by atoms with E-state index >= 15 is 0 Å². The molecule has 0 fully saturated rings. The van der Waals surface area contributed by atoms with E-state index in [0.717, 1.165) is 15.8 Å². The van der Waals surface area contributed by atoms with Crippen molar-refractivity contribution >= 4 is 11.9 Å². The number of halogens is 1. The lowest BCUT2D eigenvalue weighted by atomic mass is 10.1. The number of rotatable bonds is 5. The van der Waals surface area contributed by atoms with Gasteiger partial charge in [0.25, 0.3) is 5.91 Å². The Balaban J connectivity index is 1.70. The minimum absolute atomic E-state index is 0.0754. The molecular weight excluding hydrogens is 369 g/mol. The Hall–Kier alpha value is -3.87. The zero-order valence-corrected chi connectivity index (χ0v) is 15.7. The number of nitrogens with zero attached hydrogens (tertiary/aromatic N) is 4. The summed E-state index contributed by atoms with van der Waals surface area (Å²) in [5, 5.41) is 7.45. The van der Waals surface area contributed by atoms with E-state index in [0.29, 0.717) is 17.9 Å². The molecular formula is C22H18FN5O. The van der Waals surface area contributed by atoms with Gasteiger partial charge in [-0.25, -0.2) is 4.39 Å². The highest BCUT2D eigenvalue weighted by Gasteiger charge is 2.21. The highest BCUT2D eigenvalue weighted by molar-refractivity contribution is 5.97. The first-order valence-corrected chi connectivity index (χ1v) is 9.08. The molecule has 0 atom stereocenters. The summed E-state index contributed by atoms with van der Waals surface area (Å²) >= 11 is 0. The lowest BCUT2D eigenvalue weighted by Gasteiger charge is -2.08. The topological polar surface area (TPSA) is 72.7 Å². The van der Waals surface area contributed by atoms with Gasteiger partial charge in [0.05, 0.1) is 5.56 Å². The van der Waals surface area contributed by atoms with Crippen LogP contribution in [0, 0.1) is 12.7 Å². The predicted molar refractivity (Wildman–Crippen MR) is 108 cm³/mol. The summed E-state index contributed by atoms with van der Waals surface area (Å²) in [5.41, 5.74) is 2.76. The molecule has 29 heavy (non-hydrogen) atoms. The molecule has 0 unspecified atom stereocenters. The second-order valence-electron chi connectivity index (χ2n) is 6.54. The Labute approximate surface area is 167 Å². The molecule has 0 radical (unpaired) electrons. The summed E-state index contributed by atoms with van der Waals surface area (Å²) in [6, 6.07) is 17.4. The first-order chi connectivity index (χ1) is 14.1. The van der Waals surface area contributed by atoms with Crippen molar-refractivity contribution in [3.8, 4) is 11.4 Å². The van der Waals surface area contributed by atoms with E-state index in [4.69, 9.17) is 0 Å². The molecule has 0 amide bonds. The second-order valence-corrected chi connectivity index (χ2v) is 6.54. The molecule has 4 rings (SSSR count). The molecule has 2 heterocycles. The van der Waals surface area contributed by atoms with Crippen molar-refractivity contribution < 1.29 is 9.18 Å². The molecule has 4 aromatic rings. The van der Waals surface area contributed by atoms with Crippen molar-refractivity contribution in [1.82, 2.24) is 19.7 Å². The summed E-state index contributed by atoms with van der Waals surface area (Å²) < 4.78 is 15.3. The molecule has 0 bridgehead atoms. The van der Waals surface area contributed by atoms with Crippen molar-refractivity contribution in [2.24, 2.45) is 0 Å². The zero-order valence-electron chi connectivity index (χ0n) is 15.7. The lowest BCUT2D eigenvalue weighted by molar-refractivity contribution is 0.0943. The lowest BCUT2D eigenvalue weighted by Crippen LogP contribution is -2.18. The van der Waals surface area contributed by atoms with Crippen molar-refractivity contribution in [2.75, 3.05) is 5.32 Å². The van der Waals surface area contributed by atoms with E-state index in [1.807, 2.05) is 31.2 Å². The second kappa shape index (κ2) is 8.02. The van der Waals surface area contributed by atoms with Crippen molar-refractivity contribution in [2.45, 2.75) is 13.5 Å². The van der Waals surface area contributed by atoms with Gasteiger partial charge in [0.2, 0.25) is 5.95 Å². The van der Waals surface area contributed by atoms with Gasteiger partial charge in [-0.1, -0.05) is 42.0 Å². The summed E-state index contributed by atoms with van der Waals surface area (Å²) in [4.78, 5) is 21.5. The SMILES string of the molecule is Cc1ccc(CNc2nc(-c3cccnc3)nn2C(=O)c2ccccc2F)cc1. The number of pyridine rings is 1. The Morgan fingerprint density at radius 2 is 1.86 bits per heavy atom. The molecule has 7 heteroatoms. The highest BCUT2D eigenvalue weighted by atomic mass is 19.1. The van der Waals surface area contributed by atoms with Gasteiger partial charge < -0.3 is 5.32 Å². The molecule has 144 valence electrons. The number of anilines is 1. The number of hydrogen-bond donors (Lipinski definition) is 1. The third-order valence-corrected chi connectivity index (χ3v) is 4.39. The number of aryl methyl sites for hydroxylation is 1. The fraction of sp³-hybridized carbons (Fsp3) is 0.0909. The van der Waals surface area contributed by atoms with E-state index in [2.05, 4.69) is 20.4 Å². The van der Waals surface area contributed by atoms with Gasteiger partial charge in [-0.3, -0.25) is 9.78 Å². The van der Waals surface area contributed by atoms with Crippen LogP contribution in [-0.2, 0) is 6.54 Å². The summed E-state index contributed by atoms with van der Waals surface area (Å²) in [6.45, 7) is 2.46. The highest BCUT2D eigenvalue weighted by Crippen LogP contribution is 2.19. The maximum atomic E-state index is 14.2. The maximum Gasteiger partial charge on any atom is 0.284 e. The largest absolute Gasteiger partial charge is 0.350 e. The van der Waals surface area contributed by atoms with Crippen LogP contribution >= 0.6 is 0 Å². The van der Waals surface area contributed by atoms with Crippen LogP contribution in [0.3, 0.4) is 0 Å². The first kappa shape index (κ1) is 18.5. The fourth-order valence-electron chi connectivity index (χ4n) is 2.82.